The Morgan fingerprint density at radius 2 is 1.79 bits per heavy atom. The molecule has 10 heteroatoms. The van der Waals surface area contributed by atoms with E-state index in [1.54, 1.807) is 0 Å². The third-order valence-corrected chi connectivity index (χ3v) is 4.05. The van der Waals surface area contributed by atoms with Gasteiger partial charge in [-0.25, -0.2) is 4.68 Å². The number of carbonyl (C=O) groups excluding carboxylic acids is 3. The first-order valence-electron chi connectivity index (χ1n) is 8.79. The van der Waals surface area contributed by atoms with Crippen LogP contribution < -0.4 is 10.9 Å². The summed E-state index contributed by atoms with van der Waals surface area (Å²) < 4.78 is 40.1. The fourth-order valence-electron chi connectivity index (χ4n) is 2.76. The van der Waals surface area contributed by atoms with Gasteiger partial charge in [0.25, 0.3) is 5.78 Å². The first-order valence-corrected chi connectivity index (χ1v) is 8.79. The molecule has 2 amide bonds. The highest BCUT2D eigenvalue weighted by molar-refractivity contribution is 6.43. The van der Waals surface area contributed by atoms with Crippen molar-refractivity contribution in [2.45, 2.75) is 40.3 Å². The van der Waals surface area contributed by atoms with Crippen molar-refractivity contribution in [3.05, 3.63) is 46.8 Å². The van der Waals surface area contributed by atoms with Crippen LogP contribution in [0, 0.1) is 19.8 Å². The molecule has 0 saturated carbocycles. The van der Waals surface area contributed by atoms with E-state index in [9.17, 15) is 27.6 Å². The molecular weight excluding hydrogens is 389 g/mol. The average molecular weight is 410 g/mol. The van der Waals surface area contributed by atoms with Gasteiger partial charge in [0.2, 0.25) is 5.91 Å². The van der Waals surface area contributed by atoms with Crippen LogP contribution in [-0.4, -0.2) is 27.4 Å². The molecule has 1 aromatic heterocycles. The molecule has 0 aliphatic carbocycles. The lowest BCUT2D eigenvalue weighted by Gasteiger charge is -2.10. The Balaban J connectivity index is 2.26. The number of ketones is 1. The molecule has 2 rings (SSSR count). The summed E-state index contributed by atoms with van der Waals surface area (Å²) in [6.07, 6.45) is -4.36. The lowest BCUT2D eigenvalue weighted by molar-refractivity contribution is -0.137. The SMILES string of the molecule is Cc1nn(-c2cccc(C(F)(F)F)c2)c(C)c1C(=O)C(=O)NNC(=O)CC(C)C. The van der Waals surface area contributed by atoms with Crippen molar-refractivity contribution in [2.24, 2.45) is 5.92 Å². The highest BCUT2D eigenvalue weighted by atomic mass is 19.4. The Morgan fingerprint density at radius 1 is 1.14 bits per heavy atom. The molecule has 156 valence electrons. The molecule has 1 heterocycles. The molecular formula is C19H21F3N4O3. The van der Waals surface area contributed by atoms with E-state index in [1.165, 1.54) is 30.7 Å². The van der Waals surface area contributed by atoms with Gasteiger partial charge in [-0.3, -0.25) is 25.2 Å². The van der Waals surface area contributed by atoms with Crippen molar-refractivity contribution in [2.75, 3.05) is 0 Å². The number of hydrogen-bond acceptors (Lipinski definition) is 4. The summed E-state index contributed by atoms with van der Waals surface area (Å²) in [6, 6.07) is 4.47. The number of aryl methyl sites for hydroxylation is 1. The van der Waals surface area contributed by atoms with Gasteiger partial charge < -0.3 is 0 Å². The molecule has 2 N–H and O–H groups in total. The molecule has 29 heavy (non-hydrogen) atoms. The molecule has 0 aliphatic rings. The van der Waals surface area contributed by atoms with Crippen LogP contribution in [-0.2, 0) is 15.8 Å². The number of Topliss-reactive ketones (excluding diaryl/α,β-unsaturated/α-hetero) is 1. The van der Waals surface area contributed by atoms with Crippen LogP contribution in [0.25, 0.3) is 5.69 Å². The Hall–Kier alpha value is -3.17. The van der Waals surface area contributed by atoms with E-state index in [-0.39, 0.29) is 35.0 Å². The van der Waals surface area contributed by atoms with Crippen LogP contribution in [0.3, 0.4) is 0 Å². The highest BCUT2D eigenvalue weighted by Crippen LogP contribution is 2.30. The van der Waals surface area contributed by atoms with Crippen LogP contribution in [0.2, 0.25) is 0 Å². The molecule has 2 aromatic rings. The molecule has 0 spiro atoms. The number of alkyl halides is 3. The van der Waals surface area contributed by atoms with Gasteiger partial charge in [-0.2, -0.15) is 18.3 Å². The molecule has 0 fully saturated rings. The normalized spacial score (nSPS) is 11.4. The molecule has 0 radical (unpaired) electrons. The zero-order valence-electron chi connectivity index (χ0n) is 16.3. The zero-order chi connectivity index (χ0) is 21.9. The van der Waals surface area contributed by atoms with Crippen molar-refractivity contribution < 1.29 is 27.6 Å². The largest absolute Gasteiger partial charge is 0.416 e. The summed E-state index contributed by atoms with van der Waals surface area (Å²) in [6.45, 7) is 6.58. The maximum Gasteiger partial charge on any atom is 0.416 e. The molecule has 0 aliphatic heterocycles. The smallest absolute Gasteiger partial charge is 0.283 e. The number of amides is 2. The van der Waals surface area contributed by atoms with Crippen molar-refractivity contribution in [3.63, 3.8) is 0 Å². The quantitative estimate of drug-likeness (QED) is 0.450. The number of hydrazine groups is 1. The number of nitrogens with zero attached hydrogens (tertiary/aromatic N) is 2. The Kier molecular flexibility index (Phi) is 6.45. The molecule has 0 atom stereocenters. The van der Waals surface area contributed by atoms with Gasteiger partial charge in [0, 0.05) is 6.42 Å². The number of hydrogen-bond donors (Lipinski definition) is 2. The van der Waals surface area contributed by atoms with E-state index >= 15 is 0 Å². The summed E-state index contributed by atoms with van der Waals surface area (Å²) in [4.78, 5) is 36.2. The van der Waals surface area contributed by atoms with Gasteiger partial charge in [-0.05, 0) is 38.0 Å². The second kappa shape index (κ2) is 8.46. The van der Waals surface area contributed by atoms with E-state index in [0.717, 1.165) is 12.1 Å². The van der Waals surface area contributed by atoms with Crippen LogP contribution >= 0.6 is 0 Å². The Labute approximate surface area is 165 Å². The third-order valence-electron chi connectivity index (χ3n) is 4.05. The summed E-state index contributed by atoms with van der Waals surface area (Å²) in [5.41, 5.74) is 3.78. The van der Waals surface area contributed by atoms with Crippen molar-refractivity contribution in [1.29, 1.82) is 0 Å². The maximum absolute atomic E-state index is 13.0. The van der Waals surface area contributed by atoms with Gasteiger partial charge in [-0.1, -0.05) is 19.9 Å². The number of nitrogens with one attached hydrogen (secondary N) is 2. The monoisotopic (exact) mass is 410 g/mol. The van der Waals surface area contributed by atoms with Crippen LogP contribution in [0.4, 0.5) is 13.2 Å². The number of rotatable bonds is 5. The first kappa shape index (κ1) is 22.1. The van der Waals surface area contributed by atoms with Crippen molar-refractivity contribution in [3.8, 4) is 5.69 Å². The van der Waals surface area contributed by atoms with Crippen LogP contribution in [0.5, 0.6) is 0 Å². The summed E-state index contributed by atoms with van der Waals surface area (Å²) in [5, 5.41) is 4.10. The van der Waals surface area contributed by atoms with Gasteiger partial charge in [0.05, 0.1) is 28.2 Å². The molecule has 7 nitrogen and oxygen atoms in total. The predicted molar refractivity (Wildman–Crippen MR) is 98.1 cm³/mol. The molecule has 0 saturated heterocycles. The summed E-state index contributed by atoms with van der Waals surface area (Å²) >= 11 is 0. The zero-order valence-corrected chi connectivity index (χ0v) is 16.3. The predicted octanol–water partition coefficient (Wildman–Crippen LogP) is 2.88. The van der Waals surface area contributed by atoms with E-state index < -0.39 is 29.3 Å². The number of halogens is 3. The van der Waals surface area contributed by atoms with Crippen LogP contribution in [0.1, 0.15) is 47.6 Å². The lowest BCUT2D eigenvalue weighted by atomic mass is 10.1. The number of aromatic nitrogens is 2. The standard InChI is InChI=1S/C19H21F3N4O3/c1-10(2)8-15(27)23-24-18(29)17(28)16-11(3)25-26(12(16)4)14-7-5-6-13(9-14)19(20,21)22/h5-7,9-10H,8H2,1-4H3,(H,23,27)(H,24,29). The molecule has 1 aromatic carbocycles. The fraction of sp³-hybridized carbons (Fsp3) is 0.368. The molecule has 0 bridgehead atoms. The highest BCUT2D eigenvalue weighted by Gasteiger charge is 2.31. The number of benzene rings is 1. The van der Waals surface area contributed by atoms with Crippen molar-refractivity contribution >= 4 is 17.6 Å². The minimum atomic E-state index is -4.53. The maximum atomic E-state index is 13.0. The third kappa shape index (κ3) is 5.21. The van der Waals surface area contributed by atoms with E-state index in [2.05, 4.69) is 10.5 Å². The van der Waals surface area contributed by atoms with E-state index in [0.29, 0.717) is 0 Å². The lowest BCUT2D eigenvalue weighted by Crippen LogP contribution is -2.45. The van der Waals surface area contributed by atoms with Crippen molar-refractivity contribution in [1.82, 2.24) is 20.6 Å². The van der Waals surface area contributed by atoms with Gasteiger partial charge in [0.15, 0.2) is 0 Å². The van der Waals surface area contributed by atoms with Gasteiger partial charge >= 0.3 is 12.1 Å². The van der Waals surface area contributed by atoms with E-state index in [1.807, 2.05) is 19.3 Å². The van der Waals surface area contributed by atoms with E-state index in [4.69, 9.17) is 0 Å². The van der Waals surface area contributed by atoms with Gasteiger partial charge in [0.1, 0.15) is 0 Å². The fourth-order valence-corrected chi connectivity index (χ4v) is 2.76. The number of carbonyl (C=O) groups is 3. The minimum Gasteiger partial charge on any atom is -0.283 e. The molecule has 0 unspecified atom stereocenters. The first-order chi connectivity index (χ1) is 13.4. The summed E-state index contributed by atoms with van der Waals surface area (Å²) in [5.74, 6) is -2.41. The summed E-state index contributed by atoms with van der Waals surface area (Å²) in [7, 11) is 0. The second-order valence-electron chi connectivity index (χ2n) is 6.94. The Bertz CT molecular complexity index is 949. The average Bonchev–Trinajstić information content (AvgIpc) is 2.92. The van der Waals surface area contributed by atoms with Crippen LogP contribution in [0.15, 0.2) is 24.3 Å². The topological polar surface area (TPSA) is 93.1 Å². The second-order valence-corrected chi connectivity index (χ2v) is 6.94. The van der Waals surface area contributed by atoms with Gasteiger partial charge in [-0.15, -0.1) is 0 Å². The Morgan fingerprint density at radius 3 is 2.38 bits per heavy atom. The minimum absolute atomic E-state index is 0.0435.